The van der Waals surface area contributed by atoms with Crippen molar-refractivity contribution in [2.24, 2.45) is 0 Å². The SMILES string of the molecule is CC(Sc1nnc(-c2ccco2)n1C1CCCCC1)C(=O)Nc1cc(Cl)ccc1Cl. The largest absolute Gasteiger partial charge is 0.461 e. The summed E-state index contributed by atoms with van der Waals surface area (Å²) in [5, 5.41) is 12.9. The number of nitrogens with zero attached hydrogens (tertiary/aromatic N) is 3. The zero-order chi connectivity index (χ0) is 21.1. The molecule has 0 bridgehead atoms. The number of aromatic nitrogens is 3. The van der Waals surface area contributed by atoms with Crippen molar-refractivity contribution in [3.63, 3.8) is 0 Å². The lowest BCUT2D eigenvalue weighted by molar-refractivity contribution is -0.115. The molecule has 4 rings (SSSR count). The quantitative estimate of drug-likeness (QED) is 0.423. The summed E-state index contributed by atoms with van der Waals surface area (Å²) in [6.07, 6.45) is 7.36. The Morgan fingerprint density at radius 1 is 1.23 bits per heavy atom. The molecule has 1 saturated carbocycles. The van der Waals surface area contributed by atoms with Crippen LogP contribution < -0.4 is 5.32 Å². The van der Waals surface area contributed by atoms with Crippen LogP contribution in [0.2, 0.25) is 10.0 Å². The van der Waals surface area contributed by atoms with E-state index in [4.69, 9.17) is 27.6 Å². The Morgan fingerprint density at radius 3 is 2.77 bits per heavy atom. The summed E-state index contributed by atoms with van der Waals surface area (Å²) in [6, 6.07) is 9.00. The molecular weight excluding hydrogens is 443 g/mol. The van der Waals surface area contributed by atoms with E-state index in [1.54, 1.807) is 24.5 Å². The van der Waals surface area contributed by atoms with Crippen molar-refractivity contribution in [3.05, 3.63) is 46.6 Å². The Kier molecular flexibility index (Phi) is 6.71. The summed E-state index contributed by atoms with van der Waals surface area (Å²) in [7, 11) is 0. The number of carbonyl (C=O) groups is 1. The zero-order valence-corrected chi connectivity index (χ0v) is 18.8. The van der Waals surface area contributed by atoms with Gasteiger partial charge in [0, 0.05) is 11.1 Å². The highest BCUT2D eigenvalue weighted by molar-refractivity contribution is 8.00. The number of benzene rings is 1. The lowest BCUT2D eigenvalue weighted by Crippen LogP contribution is -2.23. The second-order valence-electron chi connectivity index (χ2n) is 7.32. The average Bonchev–Trinajstić information content (AvgIpc) is 3.41. The monoisotopic (exact) mass is 464 g/mol. The first-order valence-electron chi connectivity index (χ1n) is 9.94. The van der Waals surface area contributed by atoms with Gasteiger partial charge in [-0.25, -0.2) is 0 Å². The van der Waals surface area contributed by atoms with Crippen molar-refractivity contribution in [1.82, 2.24) is 14.8 Å². The predicted octanol–water partition coefficient (Wildman–Crippen LogP) is 6.47. The number of anilines is 1. The molecule has 6 nitrogen and oxygen atoms in total. The number of hydrogen-bond acceptors (Lipinski definition) is 5. The molecule has 0 radical (unpaired) electrons. The van der Waals surface area contributed by atoms with Crippen molar-refractivity contribution in [3.8, 4) is 11.6 Å². The van der Waals surface area contributed by atoms with E-state index in [1.807, 2.05) is 19.1 Å². The third kappa shape index (κ3) is 4.68. The number of carbonyl (C=O) groups excluding carboxylic acids is 1. The van der Waals surface area contributed by atoms with Gasteiger partial charge in [-0.3, -0.25) is 9.36 Å². The normalized spacial score (nSPS) is 15.8. The second kappa shape index (κ2) is 9.45. The van der Waals surface area contributed by atoms with Crippen molar-refractivity contribution < 1.29 is 9.21 Å². The molecule has 0 aliphatic heterocycles. The highest BCUT2D eigenvalue weighted by atomic mass is 35.5. The first-order chi connectivity index (χ1) is 14.5. The van der Waals surface area contributed by atoms with Crippen LogP contribution in [0.1, 0.15) is 45.1 Å². The molecule has 1 amide bonds. The predicted molar refractivity (Wildman–Crippen MR) is 120 cm³/mol. The summed E-state index contributed by atoms with van der Waals surface area (Å²) < 4.78 is 7.72. The smallest absolute Gasteiger partial charge is 0.237 e. The second-order valence-corrected chi connectivity index (χ2v) is 9.47. The van der Waals surface area contributed by atoms with E-state index in [0.717, 1.165) is 12.8 Å². The standard InChI is InChI=1S/C21H22Cl2N4O2S/c1-13(20(28)24-17-12-14(22)9-10-16(17)23)30-21-26-25-19(18-8-5-11-29-18)27(21)15-6-3-2-4-7-15/h5,8-13,15H,2-4,6-7H2,1H3,(H,24,28). The Labute approximate surface area is 189 Å². The molecule has 30 heavy (non-hydrogen) atoms. The molecule has 1 aromatic carbocycles. The molecule has 3 aromatic rings. The van der Waals surface area contributed by atoms with Crippen LogP contribution in [-0.4, -0.2) is 25.9 Å². The first kappa shape index (κ1) is 21.3. The molecule has 1 aliphatic carbocycles. The van der Waals surface area contributed by atoms with Gasteiger partial charge >= 0.3 is 0 Å². The van der Waals surface area contributed by atoms with Gasteiger partial charge in [0.1, 0.15) is 0 Å². The summed E-state index contributed by atoms with van der Waals surface area (Å²) in [5.41, 5.74) is 0.492. The summed E-state index contributed by atoms with van der Waals surface area (Å²) >= 11 is 13.6. The van der Waals surface area contributed by atoms with Gasteiger partial charge < -0.3 is 9.73 Å². The summed E-state index contributed by atoms with van der Waals surface area (Å²) in [4.78, 5) is 12.8. The number of thioether (sulfide) groups is 1. The lowest BCUT2D eigenvalue weighted by atomic mass is 9.95. The molecule has 0 spiro atoms. The highest BCUT2D eigenvalue weighted by Gasteiger charge is 2.27. The minimum atomic E-state index is -0.406. The number of amides is 1. The third-order valence-corrected chi connectivity index (χ3v) is 6.81. The third-order valence-electron chi connectivity index (χ3n) is 5.18. The van der Waals surface area contributed by atoms with Crippen LogP contribution in [-0.2, 0) is 4.79 Å². The summed E-state index contributed by atoms with van der Waals surface area (Å²) in [6.45, 7) is 1.84. The number of hydrogen-bond donors (Lipinski definition) is 1. The molecule has 2 aromatic heterocycles. The van der Waals surface area contributed by atoms with Gasteiger partial charge in [-0.15, -0.1) is 10.2 Å². The number of halogens is 2. The molecule has 1 unspecified atom stereocenters. The van der Waals surface area contributed by atoms with Gasteiger partial charge in [0.15, 0.2) is 10.9 Å². The molecule has 9 heteroatoms. The first-order valence-corrected chi connectivity index (χ1v) is 11.6. The Bertz CT molecular complexity index is 1020. The fourth-order valence-corrected chi connectivity index (χ4v) is 4.90. The van der Waals surface area contributed by atoms with Crippen LogP contribution >= 0.6 is 35.0 Å². The fraction of sp³-hybridized carbons (Fsp3) is 0.381. The lowest BCUT2D eigenvalue weighted by Gasteiger charge is -2.25. The topological polar surface area (TPSA) is 73.0 Å². The van der Waals surface area contributed by atoms with E-state index in [0.29, 0.717) is 38.5 Å². The minimum Gasteiger partial charge on any atom is -0.461 e. The number of furan rings is 1. The van der Waals surface area contributed by atoms with Crippen LogP contribution in [0, 0.1) is 0 Å². The molecule has 2 heterocycles. The van der Waals surface area contributed by atoms with E-state index in [2.05, 4.69) is 20.1 Å². The molecular formula is C21H22Cl2N4O2S. The van der Waals surface area contributed by atoms with E-state index in [1.165, 1.54) is 31.0 Å². The maximum Gasteiger partial charge on any atom is 0.237 e. The van der Waals surface area contributed by atoms with Crippen LogP contribution in [0.25, 0.3) is 11.6 Å². The molecule has 158 valence electrons. The van der Waals surface area contributed by atoms with Gasteiger partial charge in [-0.2, -0.15) is 0 Å². The average molecular weight is 465 g/mol. The molecule has 1 atom stereocenters. The highest BCUT2D eigenvalue weighted by Crippen LogP contribution is 2.37. The van der Waals surface area contributed by atoms with Crippen molar-refractivity contribution in [2.75, 3.05) is 5.32 Å². The van der Waals surface area contributed by atoms with Gasteiger partial charge in [0.05, 0.1) is 22.2 Å². The number of nitrogens with one attached hydrogen (secondary N) is 1. The molecule has 1 aliphatic rings. The van der Waals surface area contributed by atoms with E-state index in [9.17, 15) is 4.79 Å². The zero-order valence-electron chi connectivity index (χ0n) is 16.5. The van der Waals surface area contributed by atoms with Crippen LogP contribution in [0.15, 0.2) is 46.2 Å². The maximum absolute atomic E-state index is 12.8. The fourth-order valence-electron chi connectivity index (χ4n) is 3.64. The van der Waals surface area contributed by atoms with Gasteiger partial charge in [0.25, 0.3) is 0 Å². The Hall–Kier alpha value is -1.96. The van der Waals surface area contributed by atoms with Crippen LogP contribution in [0.4, 0.5) is 5.69 Å². The van der Waals surface area contributed by atoms with Crippen LogP contribution in [0.3, 0.4) is 0 Å². The summed E-state index contributed by atoms with van der Waals surface area (Å²) in [5.74, 6) is 1.21. The van der Waals surface area contributed by atoms with Crippen molar-refractivity contribution in [1.29, 1.82) is 0 Å². The molecule has 0 saturated heterocycles. The number of rotatable bonds is 6. The van der Waals surface area contributed by atoms with Gasteiger partial charge in [-0.1, -0.05) is 54.2 Å². The van der Waals surface area contributed by atoms with E-state index >= 15 is 0 Å². The Balaban J connectivity index is 1.56. The maximum atomic E-state index is 12.8. The minimum absolute atomic E-state index is 0.179. The van der Waals surface area contributed by atoms with Gasteiger partial charge in [-0.05, 0) is 50.1 Å². The molecule has 1 fully saturated rings. The van der Waals surface area contributed by atoms with E-state index in [-0.39, 0.29) is 5.91 Å². The Morgan fingerprint density at radius 2 is 2.03 bits per heavy atom. The van der Waals surface area contributed by atoms with Crippen molar-refractivity contribution >= 4 is 46.6 Å². The van der Waals surface area contributed by atoms with Crippen molar-refractivity contribution in [2.45, 2.75) is 55.5 Å². The van der Waals surface area contributed by atoms with Gasteiger partial charge in [0.2, 0.25) is 11.7 Å². The van der Waals surface area contributed by atoms with Crippen LogP contribution in [0.5, 0.6) is 0 Å². The van der Waals surface area contributed by atoms with E-state index < -0.39 is 5.25 Å². The molecule has 1 N–H and O–H groups in total.